The summed E-state index contributed by atoms with van der Waals surface area (Å²) in [5, 5.41) is 12.6. The number of ether oxygens (including phenoxy) is 1. The van der Waals surface area contributed by atoms with Crippen molar-refractivity contribution >= 4 is 21.9 Å². The Morgan fingerprint density at radius 3 is 2.38 bits per heavy atom. The van der Waals surface area contributed by atoms with Gasteiger partial charge in [-0.1, -0.05) is 34.1 Å². The van der Waals surface area contributed by atoms with Gasteiger partial charge in [0.1, 0.15) is 0 Å². The number of halogens is 4. The monoisotopic (exact) mass is 431 g/mol. The van der Waals surface area contributed by atoms with Gasteiger partial charge in [0.15, 0.2) is 0 Å². The number of methoxy groups -OCH3 is 1. The van der Waals surface area contributed by atoms with Gasteiger partial charge in [0, 0.05) is 11.0 Å². The van der Waals surface area contributed by atoms with E-state index in [1.54, 1.807) is 18.2 Å². The van der Waals surface area contributed by atoms with Gasteiger partial charge >= 0.3 is 12.1 Å². The number of esters is 1. The van der Waals surface area contributed by atoms with E-state index in [4.69, 9.17) is 0 Å². The second kappa shape index (κ2) is 8.66. The molecule has 140 valence electrons. The predicted octanol–water partition coefficient (Wildman–Crippen LogP) is 4.08. The van der Waals surface area contributed by atoms with Gasteiger partial charge in [-0.3, -0.25) is 0 Å². The first-order valence-electron chi connectivity index (χ1n) is 7.64. The Kier molecular flexibility index (Phi) is 6.80. The summed E-state index contributed by atoms with van der Waals surface area (Å²) in [4.78, 5) is 11.5. The van der Waals surface area contributed by atoms with E-state index >= 15 is 0 Å². The molecule has 0 aliphatic carbocycles. The molecule has 0 amide bonds. The van der Waals surface area contributed by atoms with E-state index in [0.29, 0.717) is 22.1 Å². The van der Waals surface area contributed by atoms with Crippen molar-refractivity contribution in [2.75, 3.05) is 13.7 Å². The van der Waals surface area contributed by atoms with Gasteiger partial charge in [-0.05, 0) is 35.4 Å². The van der Waals surface area contributed by atoms with Crippen molar-refractivity contribution in [2.24, 2.45) is 0 Å². The van der Waals surface area contributed by atoms with Crippen molar-refractivity contribution in [3.63, 3.8) is 0 Å². The summed E-state index contributed by atoms with van der Waals surface area (Å²) in [6.45, 7) is 0.0670. The normalized spacial score (nSPS) is 12.7. The Morgan fingerprint density at radius 2 is 1.88 bits per heavy atom. The molecule has 2 N–H and O–H groups in total. The average molecular weight is 432 g/mol. The maximum atomic E-state index is 12.6. The quantitative estimate of drug-likeness (QED) is 0.676. The van der Waals surface area contributed by atoms with Crippen molar-refractivity contribution < 1.29 is 27.8 Å². The topological polar surface area (TPSA) is 58.6 Å². The number of carbonyl (C=O) groups excluding carboxylic acids is 1. The highest BCUT2D eigenvalue weighted by Gasteiger charge is 2.30. The lowest BCUT2D eigenvalue weighted by Gasteiger charge is -2.18. The summed E-state index contributed by atoms with van der Waals surface area (Å²) in [6, 6.07) is 9.09. The van der Waals surface area contributed by atoms with Crippen LogP contribution in [0.15, 0.2) is 46.9 Å². The third-order valence-corrected chi connectivity index (χ3v) is 4.57. The summed E-state index contributed by atoms with van der Waals surface area (Å²) in [6.07, 6.45) is -4.40. The molecule has 0 radical (unpaired) electrons. The Labute approximate surface area is 157 Å². The number of rotatable bonds is 6. The van der Waals surface area contributed by atoms with Gasteiger partial charge in [0.2, 0.25) is 0 Å². The van der Waals surface area contributed by atoms with Gasteiger partial charge in [-0.15, -0.1) is 0 Å². The summed E-state index contributed by atoms with van der Waals surface area (Å²) in [7, 11) is 1.29. The number of hydrogen-bond donors (Lipinski definition) is 2. The third kappa shape index (κ3) is 5.06. The van der Waals surface area contributed by atoms with Crippen molar-refractivity contribution in [3.8, 4) is 0 Å². The predicted molar refractivity (Wildman–Crippen MR) is 93.6 cm³/mol. The molecular formula is C18H17BrF3NO3. The zero-order valence-electron chi connectivity index (χ0n) is 13.8. The van der Waals surface area contributed by atoms with Gasteiger partial charge < -0.3 is 15.2 Å². The van der Waals surface area contributed by atoms with E-state index in [2.05, 4.69) is 26.0 Å². The SMILES string of the molecule is COC(=O)c1ccc(CNC(CO)c2ccc(C(F)(F)F)cc2)c(Br)c1. The maximum Gasteiger partial charge on any atom is 0.416 e. The van der Waals surface area contributed by atoms with Gasteiger partial charge in [0.05, 0.1) is 30.9 Å². The average Bonchev–Trinajstić information content (AvgIpc) is 2.62. The van der Waals surface area contributed by atoms with E-state index < -0.39 is 23.8 Å². The van der Waals surface area contributed by atoms with Crippen LogP contribution < -0.4 is 5.32 Å². The second-order valence-corrected chi connectivity index (χ2v) is 6.39. The highest BCUT2D eigenvalue weighted by Crippen LogP contribution is 2.30. The van der Waals surface area contributed by atoms with E-state index in [-0.39, 0.29) is 6.61 Å². The highest BCUT2D eigenvalue weighted by molar-refractivity contribution is 9.10. The number of carbonyl (C=O) groups is 1. The van der Waals surface area contributed by atoms with Crippen molar-refractivity contribution in [1.29, 1.82) is 0 Å². The fourth-order valence-electron chi connectivity index (χ4n) is 2.36. The number of alkyl halides is 3. The van der Waals surface area contributed by atoms with Gasteiger partial charge in [-0.2, -0.15) is 13.2 Å². The largest absolute Gasteiger partial charge is 0.465 e. The first-order chi connectivity index (χ1) is 12.3. The lowest BCUT2D eigenvalue weighted by molar-refractivity contribution is -0.137. The molecule has 0 spiro atoms. The number of aliphatic hydroxyl groups excluding tert-OH is 1. The number of hydrogen-bond acceptors (Lipinski definition) is 4. The maximum absolute atomic E-state index is 12.6. The van der Waals surface area contributed by atoms with E-state index in [0.717, 1.165) is 17.7 Å². The van der Waals surface area contributed by atoms with Crippen LogP contribution in [0.25, 0.3) is 0 Å². The molecule has 0 heterocycles. The van der Waals surface area contributed by atoms with Crippen molar-refractivity contribution in [3.05, 3.63) is 69.2 Å². The Bertz CT molecular complexity index is 763. The third-order valence-electron chi connectivity index (χ3n) is 3.84. The lowest BCUT2D eigenvalue weighted by atomic mass is 10.0. The molecule has 0 aliphatic rings. The summed E-state index contributed by atoms with van der Waals surface area (Å²) in [5.74, 6) is -0.455. The van der Waals surface area contributed by atoms with Crippen LogP contribution in [-0.2, 0) is 17.5 Å². The zero-order chi connectivity index (χ0) is 19.3. The van der Waals surface area contributed by atoms with Crippen molar-refractivity contribution in [2.45, 2.75) is 18.8 Å². The van der Waals surface area contributed by atoms with Crippen LogP contribution in [-0.4, -0.2) is 24.8 Å². The van der Waals surface area contributed by atoms with E-state index in [1.165, 1.54) is 19.2 Å². The zero-order valence-corrected chi connectivity index (χ0v) is 15.4. The molecule has 2 aromatic carbocycles. The minimum Gasteiger partial charge on any atom is -0.465 e. The van der Waals surface area contributed by atoms with Crippen LogP contribution in [0.1, 0.15) is 33.1 Å². The van der Waals surface area contributed by atoms with Gasteiger partial charge in [-0.25, -0.2) is 4.79 Å². The van der Waals surface area contributed by atoms with Crippen LogP contribution in [0.2, 0.25) is 0 Å². The Hall–Kier alpha value is -1.90. The van der Waals surface area contributed by atoms with Crippen LogP contribution in [0.5, 0.6) is 0 Å². The Balaban J connectivity index is 2.08. The van der Waals surface area contributed by atoms with Gasteiger partial charge in [0.25, 0.3) is 0 Å². The fraction of sp³-hybridized carbons (Fsp3) is 0.278. The molecule has 4 nitrogen and oxygen atoms in total. The molecular weight excluding hydrogens is 415 g/mol. The summed E-state index contributed by atoms with van der Waals surface area (Å²) >= 11 is 3.37. The molecule has 2 rings (SSSR count). The van der Waals surface area contributed by atoms with E-state index in [1.807, 2.05) is 0 Å². The molecule has 0 saturated heterocycles. The number of benzene rings is 2. The van der Waals surface area contributed by atoms with Crippen LogP contribution in [0.3, 0.4) is 0 Å². The van der Waals surface area contributed by atoms with Crippen LogP contribution >= 0.6 is 15.9 Å². The lowest BCUT2D eigenvalue weighted by Crippen LogP contribution is -2.24. The summed E-state index contributed by atoms with van der Waals surface area (Å²) in [5.41, 5.74) is 1.02. The highest BCUT2D eigenvalue weighted by atomic mass is 79.9. The fourth-order valence-corrected chi connectivity index (χ4v) is 2.88. The Morgan fingerprint density at radius 1 is 1.23 bits per heavy atom. The van der Waals surface area contributed by atoms with Crippen LogP contribution in [0, 0.1) is 0 Å². The molecule has 1 atom stereocenters. The minimum atomic E-state index is -4.40. The molecule has 0 aliphatic heterocycles. The summed E-state index contributed by atoms with van der Waals surface area (Å²) < 4.78 is 43.2. The number of aliphatic hydroxyl groups is 1. The molecule has 0 bridgehead atoms. The van der Waals surface area contributed by atoms with E-state index in [9.17, 15) is 23.1 Å². The van der Waals surface area contributed by atoms with Crippen molar-refractivity contribution in [1.82, 2.24) is 5.32 Å². The molecule has 26 heavy (non-hydrogen) atoms. The molecule has 8 heteroatoms. The first-order valence-corrected chi connectivity index (χ1v) is 8.43. The molecule has 0 fully saturated rings. The molecule has 0 aromatic heterocycles. The standard InChI is InChI=1S/C18H17BrF3NO3/c1-26-17(25)12-2-3-13(15(19)8-12)9-23-16(10-24)11-4-6-14(7-5-11)18(20,21)22/h2-8,16,23-24H,9-10H2,1H3. The minimum absolute atomic E-state index is 0.275. The van der Waals surface area contributed by atoms with Crippen LogP contribution in [0.4, 0.5) is 13.2 Å². The second-order valence-electron chi connectivity index (χ2n) is 5.53. The smallest absolute Gasteiger partial charge is 0.416 e. The molecule has 2 aromatic rings. The molecule has 0 saturated carbocycles. The molecule has 1 unspecified atom stereocenters. The number of nitrogens with one attached hydrogen (secondary N) is 1. The first kappa shape index (κ1) is 20.4.